The van der Waals surface area contributed by atoms with Crippen molar-refractivity contribution in [3.63, 3.8) is 0 Å². The molecule has 0 aliphatic heterocycles. The summed E-state index contributed by atoms with van der Waals surface area (Å²) in [5.74, 6) is -0.929. The molecule has 0 spiro atoms. The molecule has 0 amide bonds. The molecular formula is C19H21NO5Te. The third-order valence-electron chi connectivity index (χ3n) is 3.59. The van der Waals surface area contributed by atoms with Crippen molar-refractivity contribution in [3.05, 3.63) is 54.6 Å². The van der Waals surface area contributed by atoms with Crippen molar-refractivity contribution in [1.29, 1.82) is 0 Å². The standard InChI is InChI=1S/C19H21NO5Te/c21-18(22)10-12-20(13-11-19(23)24)15-6-8-17(9-7-15)26-14-25-16-4-2-1-3-5-16/h1-9H,10-14H2,(H,21,22)(H,23,24). The van der Waals surface area contributed by atoms with E-state index in [1.165, 1.54) is 3.61 Å². The van der Waals surface area contributed by atoms with Crippen LogP contribution in [0, 0.1) is 0 Å². The molecule has 0 aromatic heterocycles. The van der Waals surface area contributed by atoms with Crippen molar-refractivity contribution in [2.75, 3.05) is 22.6 Å². The van der Waals surface area contributed by atoms with Gasteiger partial charge in [0, 0.05) is 0 Å². The average molecular weight is 471 g/mol. The summed E-state index contributed by atoms with van der Waals surface area (Å²) in [5, 5.41) is 17.7. The predicted molar refractivity (Wildman–Crippen MR) is 100 cm³/mol. The minimum atomic E-state index is -0.896. The van der Waals surface area contributed by atoms with Gasteiger partial charge in [0.1, 0.15) is 0 Å². The molecular weight excluding hydrogens is 450 g/mol. The molecule has 0 unspecified atom stereocenters. The molecule has 2 aromatic carbocycles. The molecule has 0 saturated heterocycles. The Morgan fingerprint density at radius 3 is 2.00 bits per heavy atom. The van der Waals surface area contributed by atoms with Crippen LogP contribution in [0.2, 0.25) is 0 Å². The van der Waals surface area contributed by atoms with Crippen LogP contribution in [-0.2, 0) is 9.59 Å². The van der Waals surface area contributed by atoms with Gasteiger partial charge in [-0.2, -0.15) is 0 Å². The van der Waals surface area contributed by atoms with Crippen LogP contribution in [0.4, 0.5) is 5.69 Å². The molecule has 26 heavy (non-hydrogen) atoms. The number of aliphatic carboxylic acids is 2. The van der Waals surface area contributed by atoms with Gasteiger partial charge in [-0.3, -0.25) is 0 Å². The summed E-state index contributed by atoms with van der Waals surface area (Å²) >= 11 is -0.489. The number of carboxylic acid groups (broad SMARTS) is 2. The number of nitrogens with zero attached hydrogens (tertiary/aromatic N) is 1. The summed E-state index contributed by atoms with van der Waals surface area (Å²) in [6.45, 7) is 0.575. The van der Waals surface area contributed by atoms with Gasteiger partial charge in [-0.25, -0.2) is 0 Å². The van der Waals surface area contributed by atoms with E-state index in [1.807, 2.05) is 54.6 Å². The van der Waals surface area contributed by atoms with E-state index in [4.69, 9.17) is 14.9 Å². The Hall–Kier alpha value is -2.23. The third-order valence-corrected chi connectivity index (χ3v) is 5.99. The Labute approximate surface area is 162 Å². The van der Waals surface area contributed by atoms with Crippen molar-refractivity contribution < 1.29 is 24.5 Å². The molecule has 7 heteroatoms. The van der Waals surface area contributed by atoms with Gasteiger partial charge in [-0.1, -0.05) is 0 Å². The van der Waals surface area contributed by atoms with E-state index in [9.17, 15) is 9.59 Å². The zero-order chi connectivity index (χ0) is 18.8. The molecule has 0 aliphatic rings. The Bertz CT molecular complexity index is 688. The molecule has 0 fully saturated rings. The average Bonchev–Trinajstić information content (AvgIpc) is 2.63. The first-order chi connectivity index (χ1) is 12.5. The second-order valence-corrected chi connectivity index (χ2v) is 8.33. The fourth-order valence-corrected chi connectivity index (χ4v) is 4.15. The molecule has 6 nitrogen and oxygen atoms in total. The predicted octanol–water partition coefficient (Wildman–Crippen LogP) is 1.81. The molecule has 2 N–H and O–H groups in total. The number of carboxylic acids is 2. The van der Waals surface area contributed by atoms with E-state index in [-0.39, 0.29) is 25.9 Å². The Morgan fingerprint density at radius 1 is 0.885 bits per heavy atom. The van der Waals surface area contributed by atoms with Crippen molar-refractivity contribution >= 4 is 42.2 Å². The number of rotatable bonds is 11. The van der Waals surface area contributed by atoms with E-state index in [1.54, 1.807) is 4.90 Å². The Kier molecular flexibility index (Phi) is 8.26. The van der Waals surface area contributed by atoms with E-state index >= 15 is 0 Å². The molecule has 2 aromatic rings. The van der Waals surface area contributed by atoms with Gasteiger partial charge in [0.2, 0.25) is 0 Å². The molecule has 0 radical (unpaired) electrons. The molecule has 0 bridgehead atoms. The topological polar surface area (TPSA) is 87.1 Å². The molecule has 0 heterocycles. The fraction of sp³-hybridized carbons (Fsp3) is 0.263. The van der Waals surface area contributed by atoms with Crippen LogP contribution in [0.3, 0.4) is 0 Å². The van der Waals surface area contributed by atoms with Crippen molar-refractivity contribution in [2.45, 2.75) is 12.8 Å². The number of carbonyl (C=O) groups is 2. The zero-order valence-electron chi connectivity index (χ0n) is 14.2. The first kappa shape index (κ1) is 20.1. The second kappa shape index (κ2) is 10.7. The summed E-state index contributed by atoms with van der Waals surface area (Å²) in [6, 6.07) is 17.6. The van der Waals surface area contributed by atoms with Gasteiger partial charge in [0.05, 0.1) is 0 Å². The van der Waals surface area contributed by atoms with Gasteiger partial charge >= 0.3 is 163 Å². The van der Waals surface area contributed by atoms with E-state index < -0.39 is 32.9 Å². The number of hydrogen-bond donors (Lipinski definition) is 2. The second-order valence-electron chi connectivity index (χ2n) is 5.49. The zero-order valence-corrected chi connectivity index (χ0v) is 16.5. The van der Waals surface area contributed by atoms with Gasteiger partial charge in [0.15, 0.2) is 0 Å². The summed E-state index contributed by atoms with van der Waals surface area (Å²) in [7, 11) is 0. The van der Waals surface area contributed by atoms with Crippen LogP contribution in [0.1, 0.15) is 12.8 Å². The van der Waals surface area contributed by atoms with Crippen LogP contribution in [0.25, 0.3) is 0 Å². The summed E-state index contributed by atoms with van der Waals surface area (Å²) < 4.78 is 7.65. The van der Waals surface area contributed by atoms with E-state index in [2.05, 4.69) is 0 Å². The maximum atomic E-state index is 10.8. The van der Waals surface area contributed by atoms with E-state index in [0.717, 1.165) is 11.4 Å². The van der Waals surface area contributed by atoms with Gasteiger partial charge in [-0.05, 0) is 0 Å². The van der Waals surface area contributed by atoms with Crippen LogP contribution in [0.15, 0.2) is 54.6 Å². The fourth-order valence-electron chi connectivity index (χ4n) is 2.27. The third kappa shape index (κ3) is 7.34. The van der Waals surface area contributed by atoms with Gasteiger partial charge < -0.3 is 0 Å². The Balaban J connectivity index is 1.91. The maximum absolute atomic E-state index is 10.8. The number of benzene rings is 2. The van der Waals surface area contributed by atoms with Crippen molar-refractivity contribution in [3.8, 4) is 5.75 Å². The number of anilines is 1. The summed E-state index contributed by atoms with van der Waals surface area (Å²) in [6.07, 6.45) is -0.0546. The molecule has 138 valence electrons. The molecule has 0 atom stereocenters. The van der Waals surface area contributed by atoms with Crippen LogP contribution in [-0.4, -0.2) is 60.8 Å². The van der Waals surface area contributed by atoms with Crippen molar-refractivity contribution in [2.24, 2.45) is 0 Å². The molecule has 2 rings (SSSR count). The van der Waals surface area contributed by atoms with Crippen LogP contribution < -0.4 is 13.2 Å². The first-order valence-corrected chi connectivity index (χ1v) is 10.9. The minimum absolute atomic E-state index is 0.0273. The van der Waals surface area contributed by atoms with Crippen LogP contribution >= 0.6 is 0 Å². The normalized spacial score (nSPS) is 10.3. The number of para-hydroxylation sites is 1. The number of ether oxygens (including phenoxy) is 1. The SMILES string of the molecule is O=C(O)CCN(CCC(=O)O)c1ccc([Te]COc2ccccc2)cc1. The number of hydrogen-bond acceptors (Lipinski definition) is 4. The molecule has 0 aliphatic carbocycles. The van der Waals surface area contributed by atoms with Crippen LogP contribution in [0.5, 0.6) is 5.75 Å². The first-order valence-electron chi connectivity index (χ1n) is 8.14. The Morgan fingerprint density at radius 2 is 1.46 bits per heavy atom. The van der Waals surface area contributed by atoms with E-state index in [0.29, 0.717) is 4.65 Å². The van der Waals surface area contributed by atoms with Gasteiger partial charge in [-0.15, -0.1) is 0 Å². The van der Waals surface area contributed by atoms with Crippen molar-refractivity contribution in [1.82, 2.24) is 0 Å². The summed E-state index contributed by atoms with van der Waals surface area (Å²) in [4.78, 5) is 23.4. The monoisotopic (exact) mass is 473 g/mol. The quantitative estimate of drug-likeness (QED) is 0.487. The van der Waals surface area contributed by atoms with Gasteiger partial charge in [0.25, 0.3) is 0 Å². The summed E-state index contributed by atoms with van der Waals surface area (Å²) in [5.41, 5.74) is 0.840. The molecule has 0 saturated carbocycles.